The predicted octanol–water partition coefficient (Wildman–Crippen LogP) is 1.42. The number of benzene rings is 1. The van der Waals surface area contributed by atoms with Crippen LogP contribution in [0.4, 0.5) is 5.69 Å². The molecule has 5 heteroatoms. The van der Waals surface area contributed by atoms with Crippen LogP contribution in [0.2, 0.25) is 0 Å². The zero-order chi connectivity index (χ0) is 12.9. The Morgan fingerprint density at radius 2 is 1.94 bits per heavy atom. The summed E-state index contributed by atoms with van der Waals surface area (Å²) in [5.74, 6) is 2.54. The van der Waals surface area contributed by atoms with Crippen LogP contribution >= 0.6 is 0 Å². The Kier molecular flexibility index (Phi) is 4.55. The van der Waals surface area contributed by atoms with Gasteiger partial charge in [-0.25, -0.2) is 13.1 Å². The van der Waals surface area contributed by atoms with Gasteiger partial charge in [0.05, 0.1) is 10.9 Å². The number of nitrogens with one attached hydrogen (secondary N) is 2. The second kappa shape index (κ2) is 5.71. The summed E-state index contributed by atoms with van der Waals surface area (Å²) in [6.45, 7) is 3.96. The summed E-state index contributed by atoms with van der Waals surface area (Å²) in [5, 5.41) is 3.05. The zero-order valence-corrected chi connectivity index (χ0v) is 10.7. The molecule has 0 saturated carbocycles. The van der Waals surface area contributed by atoms with Crippen LogP contribution in [-0.2, 0) is 10.0 Å². The van der Waals surface area contributed by atoms with Gasteiger partial charge in [0, 0.05) is 12.2 Å². The highest BCUT2D eigenvalue weighted by Crippen LogP contribution is 2.14. The molecule has 1 rings (SSSR count). The molecule has 0 aliphatic rings. The maximum absolute atomic E-state index is 11.7. The first-order valence-electron chi connectivity index (χ1n) is 5.32. The predicted molar refractivity (Wildman–Crippen MR) is 69.2 cm³/mol. The van der Waals surface area contributed by atoms with E-state index in [9.17, 15) is 8.42 Å². The summed E-state index contributed by atoms with van der Waals surface area (Å²) in [5.41, 5.74) is 0.797. The van der Waals surface area contributed by atoms with Crippen molar-refractivity contribution in [3.05, 3.63) is 24.3 Å². The molecule has 92 valence electrons. The van der Waals surface area contributed by atoms with Gasteiger partial charge in [-0.05, 0) is 31.2 Å². The second-order valence-electron chi connectivity index (χ2n) is 3.56. The van der Waals surface area contributed by atoms with E-state index in [0.717, 1.165) is 5.69 Å². The standard InChI is InChI=1S/C12H16N2O2S/c1-4-10(3)14-11-6-8-12(9-7-11)17(15,16)13-5-2/h1,6-10,13-14H,5H2,2-3H3. The molecule has 1 unspecified atom stereocenters. The molecule has 0 fully saturated rings. The number of anilines is 1. The monoisotopic (exact) mass is 252 g/mol. The smallest absolute Gasteiger partial charge is 0.240 e. The lowest BCUT2D eigenvalue weighted by molar-refractivity contribution is 0.584. The van der Waals surface area contributed by atoms with Crippen molar-refractivity contribution in [3.8, 4) is 12.3 Å². The molecule has 0 aliphatic carbocycles. The first-order chi connectivity index (χ1) is 7.99. The van der Waals surface area contributed by atoms with Crippen LogP contribution in [0.3, 0.4) is 0 Å². The highest BCUT2D eigenvalue weighted by atomic mass is 32.2. The van der Waals surface area contributed by atoms with E-state index in [-0.39, 0.29) is 10.9 Å². The first-order valence-corrected chi connectivity index (χ1v) is 6.80. The summed E-state index contributed by atoms with van der Waals surface area (Å²) in [6, 6.07) is 6.38. The van der Waals surface area contributed by atoms with Gasteiger partial charge in [-0.3, -0.25) is 0 Å². The van der Waals surface area contributed by atoms with E-state index in [1.165, 1.54) is 0 Å². The number of hydrogen-bond acceptors (Lipinski definition) is 3. The maximum atomic E-state index is 11.7. The third kappa shape index (κ3) is 3.77. The van der Waals surface area contributed by atoms with Crippen molar-refractivity contribution in [3.63, 3.8) is 0 Å². The molecule has 0 saturated heterocycles. The Morgan fingerprint density at radius 1 is 1.35 bits per heavy atom. The van der Waals surface area contributed by atoms with Gasteiger partial charge >= 0.3 is 0 Å². The Labute approximate surface area is 102 Å². The van der Waals surface area contributed by atoms with E-state index in [1.807, 2.05) is 6.92 Å². The van der Waals surface area contributed by atoms with Crippen molar-refractivity contribution < 1.29 is 8.42 Å². The van der Waals surface area contributed by atoms with Gasteiger partial charge in [0.2, 0.25) is 10.0 Å². The van der Waals surface area contributed by atoms with E-state index in [4.69, 9.17) is 6.42 Å². The van der Waals surface area contributed by atoms with E-state index >= 15 is 0 Å². The molecule has 0 spiro atoms. The average Bonchev–Trinajstić information content (AvgIpc) is 2.29. The SMILES string of the molecule is C#CC(C)Nc1ccc(S(=O)(=O)NCC)cc1. The minimum Gasteiger partial charge on any atom is -0.372 e. The lowest BCUT2D eigenvalue weighted by Crippen LogP contribution is -2.23. The molecule has 1 aromatic carbocycles. The summed E-state index contributed by atoms with van der Waals surface area (Å²) in [7, 11) is -3.38. The van der Waals surface area contributed by atoms with Crippen LogP contribution in [0, 0.1) is 12.3 Å². The molecule has 0 aromatic heterocycles. The van der Waals surface area contributed by atoms with Gasteiger partial charge in [0.1, 0.15) is 0 Å². The minimum atomic E-state index is -3.38. The zero-order valence-electron chi connectivity index (χ0n) is 9.90. The first kappa shape index (κ1) is 13.6. The Bertz CT molecular complexity index is 500. The van der Waals surface area contributed by atoms with Gasteiger partial charge < -0.3 is 5.32 Å². The molecule has 1 aromatic rings. The highest BCUT2D eigenvalue weighted by molar-refractivity contribution is 7.89. The molecule has 0 aliphatic heterocycles. The fraction of sp³-hybridized carbons (Fsp3) is 0.333. The maximum Gasteiger partial charge on any atom is 0.240 e. The Hall–Kier alpha value is -1.51. The van der Waals surface area contributed by atoms with Gasteiger partial charge in [0.15, 0.2) is 0 Å². The summed E-state index contributed by atoms with van der Waals surface area (Å²) >= 11 is 0. The van der Waals surface area contributed by atoms with Crippen molar-refractivity contribution in [1.29, 1.82) is 0 Å². The van der Waals surface area contributed by atoms with Crippen LogP contribution < -0.4 is 10.0 Å². The number of sulfonamides is 1. The number of rotatable bonds is 5. The van der Waals surface area contributed by atoms with E-state index < -0.39 is 10.0 Å². The average molecular weight is 252 g/mol. The lowest BCUT2D eigenvalue weighted by atomic mass is 10.3. The normalized spacial score (nSPS) is 12.8. The fourth-order valence-corrected chi connectivity index (χ4v) is 2.34. The van der Waals surface area contributed by atoms with E-state index in [2.05, 4.69) is 16.0 Å². The topological polar surface area (TPSA) is 58.2 Å². The second-order valence-corrected chi connectivity index (χ2v) is 5.33. The van der Waals surface area contributed by atoms with Crippen molar-refractivity contribution in [2.45, 2.75) is 24.8 Å². The lowest BCUT2D eigenvalue weighted by Gasteiger charge is -2.10. The minimum absolute atomic E-state index is 0.0915. The van der Waals surface area contributed by atoms with Gasteiger partial charge in [-0.15, -0.1) is 6.42 Å². The molecule has 4 nitrogen and oxygen atoms in total. The number of terminal acetylenes is 1. The number of hydrogen-bond donors (Lipinski definition) is 2. The fourth-order valence-electron chi connectivity index (χ4n) is 1.30. The molecule has 17 heavy (non-hydrogen) atoms. The molecule has 0 amide bonds. The molecule has 2 N–H and O–H groups in total. The van der Waals surface area contributed by atoms with Gasteiger partial charge in [-0.1, -0.05) is 12.8 Å². The molecule has 0 heterocycles. The molecule has 0 bridgehead atoms. The Morgan fingerprint density at radius 3 is 2.41 bits per heavy atom. The summed E-state index contributed by atoms with van der Waals surface area (Å²) in [4.78, 5) is 0.248. The van der Waals surface area contributed by atoms with Crippen molar-refractivity contribution in [1.82, 2.24) is 4.72 Å². The third-order valence-corrected chi connectivity index (χ3v) is 3.69. The van der Waals surface area contributed by atoms with E-state index in [1.54, 1.807) is 31.2 Å². The van der Waals surface area contributed by atoms with Crippen LogP contribution in [0.1, 0.15) is 13.8 Å². The molecular weight excluding hydrogens is 236 g/mol. The van der Waals surface area contributed by atoms with Crippen LogP contribution in [0.5, 0.6) is 0 Å². The molecule has 1 atom stereocenters. The van der Waals surface area contributed by atoms with Crippen molar-refractivity contribution >= 4 is 15.7 Å². The third-order valence-electron chi connectivity index (χ3n) is 2.13. The highest BCUT2D eigenvalue weighted by Gasteiger charge is 2.11. The van der Waals surface area contributed by atoms with Crippen molar-refractivity contribution in [2.24, 2.45) is 0 Å². The molecule has 0 radical (unpaired) electrons. The quantitative estimate of drug-likeness (QED) is 0.779. The van der Waals surface area contributed by atoms with Gasteiger partial charge in [0.25, 0.3) is 0 Å². The Balaban J connectivity index is 2.86. The molecular formula is C12H16N2O2S. The largest absolute Gasteiger partial charge is 0.372 e. The summed E-state index contributed by atoms with van der Waals surface area (Å²) in [6.07, 6.45) is 5.24. The summed E-state index contributed by atoms with van der Waals surface area (Å²) < 4.78 is 25.7. The van der Waals surface area contributed by atoms with E-state index in [0.29, 0.717) is 6.54 Å². The van der Waals surface area contributed by atoms with Gasteiger partial charge in [-0.2, -0.15) is 0 Å². The van der Waals surface area contributed by atoms with Crippen LogP contribution in [0.15, 0.2) is 29.2 Å². The van der Waals surface area contributed by atoms with Crippen molar-refractivity contribution in [2.75, 3.05) is 11.9 Å². The van der Waals surface area contributed by atoms with Crippen LogP contribution in [0.25, 0.3) is 0 Å². The van der Waals surface area contributed by atoms with Crippen LogP contribution in [-0.4, -0.2) is 21.0 Å².